The van der Waals surface area contributed by atoms with Gasteiger partial charge in [-0.3, -0.25) is 4.79 Å². The SMILES string of the molecule is CCOC(=O)c1cc(NC(=O)Cc2c(F)cccc2Cl)cc(C(=O)OCC)c1. The number of benzene rings is 2. The Balaban J connectivity index is 2.28. The minimum Gasteiger partial charge on any atom is -0.462 e. The van der Waals surface area contributed by atoms with E-state index in [0.29, 0.717) is 0 Å². The molecule has 0 heterocycles. The van der Waals surface area contributed by atoms with Gasteiger partial charge in [0, 0.05) is 16.3 Å². The molecule has 1 N–H and O–H groups in total. The normalized spacial score (nSPS) is 10.3. The van der Waals surface area contributed by atoms with Gasteiger partial charge in [-0.05, 0) is 44.2 Å². The first-order valence-corrected chi connectivity index (χ1v) is 8.95. The lowest BCUT2D eigenvalue weighted by Gasteiger charge is -2.11. The lowest BCUT2D eigenvalue weighted by atomic mass is 10.1. The van der Waals surface area contributed by atoms with E-state index in [4.69, 9.17) is 21.1 Å². The molecule has 0 aromatic heterocycles. The quantitative estimate of drug-likeness (QED) is 0.701. The van der Waals surface area contributed by atoms with Gasteiger partial charge in [0.2, 0.25) is 5.91 Å². The highest BCUT2D eigenvalue weighted by Gasteiger charge is 2.17. The van der Waals surface area contributed by atoms with Crippen molar-refractivity contribution in [3.8, 4) is 0 Å². The van der Waals surface area contributed by atoms with E-state index in [0.717, 1.165) is 0 Å². The molecule has 0 unspecified atom stereocenters. The second-order valence-electron chi connectivity index (χ2n) is 5.67. The van der Waals surface area contributed by atoms with Crippen LogP contribution in [0.25, 0.3) is 0 Å². The van der Waals surface area contributed by atoms with Crippen molar-refractivity contribution in [2.45, 2.75) is 20.3 Å². The van der Waals surface area contributed by atoms with E-state index >= 15 is 0 Å². The number of anilines is 1. The molecule has 0 aliphatic heterocycles. The number of carbonyl (C=O) groups is 3. The minimum atomic E-state index is -0.652. The summed E-state index contributed by atoms with van der Waals surface area (Å²) in [5, 5.41) is 2.67. The van der Waals surface area contributed by atoms with E-state index < -0.39 is 23.7 Å². The second-order valence-corrected chi connectivity index (χ2v) is 6.07. The van der Waals surface area contributed by atoms with Crippen molar-refractivity contribution >= 4 is 35.1 Å². The fourth-order valence-electron chi connectivity index (χ4n) is 2.43. The Morgan fingerprint density at radius 1 is 1.00 bits per heavy atom. The zero-order valence-electron chi connectivity index (χ0n) is 15.4. The molecular weight excluding hydrogens is 389 g/mol. The predicted octanol–water partition coefficient (Wildman–Crippen LogP) is 4.01. The fraction of sp³-hybridized carbons (Fsp3) is 0.250. The molecule has 2 aromatic rings. The fourth-order valence-corrected chi connectivity index (χ4v) is 2.66. The Morgan fingerprint density at radius 2 is 1.57 bits per heavy atom. The zero-order valence-corrected chi connectivity index (χ0v) is 16.1. The van der Waals surface area contributed by atoms with E-state index in [1.807, 2.05) is 0 Å². The number of halogens is 2. The van der Waals surface area contributed by atoms with Gasteiger partial charge in [0.1, 0.15) is 5.82 Å². The molecule has 6 nitrogen and oxygen atoms in total. The average Bonchev–Trinajstić information content (AvgIpc) is 2.65. The van der Waals surface area contributed by atoms with Gasteiger partial charge in [-0.25, -0.2) is 14.0 Å². The first-order chi connectivity index (χ1) is 13.3. The third-order valence-electron chi connectivity index (χ3n) is 3.64. The number of esters is 2. The summed E-state index contributed by atoms with van der Waals surface area (Å²) in [7, 11) is 0. The van der Waals surface area contributed by atoms with Crippen molar-refractivity contribution in [1.29, 1.82) is 0 Å². The van der Waals surface area contributed by atoms with Gasteiger partial charge in [0.25, 0.3) is 0 Å². The number of ether oxygens (including phenoxy) is 2. The molecule has 2 aromatic carbocycles. The zero-order chi connectivity index (χ0) is 20.7. The third-order valence-corrected chi connectivity index (χ3v) is 3.99. The molecule has 0 aliphatic rings. The second kappa shape index (κ2) is 9.85. The smallest absolute Gasteiger partial charge is 0.338 e. The van der Waals surface area contributed by atoms with E-state index in [-0.39, 0.29) is 47.0 Å². The van der Waals surface area contributed by atoms with Gasteiger partial charge in [-0.2, -0.15) is 0 Å². The van der Waals surface area contributed by atoms with E-state index in [1.165, 1.54) is 36.4 Å². The Hall–Kier alpha value is -2.93. The summed E-state index contributed by atoms with van der Waals surface area (Å²) in [5.41, 5.74) is 0.373. The van der Waals surface area contributed by atoms with Crippen LogP contribution in [-0.2, 0) is 20.7 Å². The summed E-state index contributed by atoms with van der Waals surface area (Å²) in [6, 6.07) is 8.16. The average molecular weight is 408 g/mol. The summed E-state index contributed by atoms with van der Waals surface area (Å²) in [5.74, 6) is -2.47. The maximum atomic E-state index is 13.9. The summed E-state index contributed by atoms with van der Waals surface area (Å²) in [4.78, 5) is 36.4. The van der Waals surface area contributed by atoms with Crippen molar-refractivity contribution in [2.24, 2.45) is 0 Å². The molecule has 148 valence electrons. The summed E-state index contributed by atoms with van der Waals surface area (Å²) >= 11 is 5.94. The number of carbonyl (C=O) groups excluding carboxylic acids is 3. The van der Waals surface area contributed by atoms with E-state index in [1.54, 1.807) is 13.8 Å². The molecular formula is C20H19ClFNO5. The first-order valence-electron chi connectivity index (χ1n) is 8.57. The molecule has 0 spiro atoms. The number of hydrogen-bond donors (Lipinski definition) is 1. The molecule has 28 heavy (non-hydrogen) atoms. The van der Waals surface area contributed by atoms with Crippen LogP contribution in [-0.4, -0.2) is 31.1 Å². The lowest BCUT2D eigenvalue weighted by Crippen LogP contribution is -2.17. The molecule has 8 heteroatoms. The van der Waals surface area contributed by atoms with Crippen LogP contribution in [0.15, 0.2) is 36.4 Å². The summed E-state index contributed by atoms with van der Waals surface area (Å²) in [6.45, 7) is 3.59. The van der Waals surface area contributed by atoms with Crippen LogP contribution in [0, 0.1) is 5.82 Å². The maximum absolute atomic E-state index is 13.9. The Kier molecular flexibility index (Phi) is 7.52. The van der Waals surface area contributed by atoms with Crippen LogP contribution >= 0.6 is 11.6 Å². The molecule has 0 saturated carbocycles. The predicted molar refractivity (Wildman–Crippen MR) is 102 cm³/mol. The highest BCUT2D eigenvalue weighted by atomic mass is 35.5. The summed E-state index contributed by atoms with van der Waals surface area (Å²) < 4.78 is 23.8. The maximum Gasteiger partial charge on any atom is 0.338 e. The van der Waals surface area contributed by atoms with Gasteiger partial charge >= 0.3 is 11.9 Å². The third kappa shape index (κ3) is 5.53. The number of rotatable bonds is 7. The number of hydrogen-bond acceptors (Lipinski definition) is 5. The van der Waals surface area contributed by atoms with Crippen LogP contribution in [0.4, 0.5) is 10.1 Å². The Morgan fingerprint density at radius 3 is 2.07 bits per heavy atom. The molecule has 0 bridgehead atoms. The van der Waals surface area contributed by atoms with Crippen molar-refractivity contribution in [2.75, 3.05) is 18.5 Å². The molecule has 0 fully saturated rings. The molecule has 0 radical (unpaired) electrons. The van der Waals surface area contributed by atoms with Gasteiger partial charge in [0.05, 0.1) is 30.8 Å². The lowest BCUT2D eigenvalue weighted by molar-refractivity contribution is -0.115. The van der Waals surface area contributed by atoms with E-state index in [2.05, 4.69) is 5.32 Å². The molecule has 0 aliphatic carbocycles. The monoisotopic (exact) mass is 407 g/mol. The first kappa shape index (κ1) is 21.4. The van der Waals surface area contributed by atoms with Crippen molar-refractivity contribution in [3.05, 3.63) is 63.9 Å². The van der Waals surface area contributed by atoms with Crippen molar-refractivity contribution in [3.63, 3.8) is 0 Å². The summed E-state index contributed by atoms with van der Waals surface area (Å²) in [6.07, 6.45) is -0.316. The number of amides is 1. The van der Waals surface area contributed by atoms with Crippen molar-refractivity contribution in [1.82, 2.24) is 0 Å². The van der Waals surface area contributed by atoms with Gasteiger partial charge in [-0.15, -0.1) is 0 Å². The highest BCUT2D eigenvalue weighted by molar-refractivity contribution is 6.31. The van der Waals surface area contributed by atoms with Crippen molar-refractivity contribution < 1.29 is 28.2 Å². The van der Waals surface area contributed by atoms with Gasteiger partial charge in [0.15, 0.2) is 0 Å². The standard InChI is InChI=1S/C20H19ClFNO5/c1-3-27-19(25)12-8-13(20(26)28-4-2)10-14(9-12)23-18(24)11-15-16(21)6-5-7-17(15)22/h5-10H,3-4,11H2,1-2H3,(H,23,24). The molecule has 1 amide bonds. The van der Waals surface area contributed by atoms with Crippen LogP contribution in [0.2, 0.25) is 5.02 Å². The Labute approximate surface area is 166 Å². The van der Waals surface area contributed by atoms with Crippen LogP contribution < -0.4 is 5.32 Å². The Bertz CT molecular complexity index is 844. The highest BCUT2D eigenvalue weighted by Crippen LogP contribution is 2.21. The molecule has 0 atom stereocenters. The van der Waals surface area contributed by atoms with Crippen LogP contribution in [0.1, 0.15) is 40.1 Å². The molecule has 2 rings (SSSR count). The van der Waals surface area contributed by atoms with Gasteiger partial charge < -0.3 is 14.8 Å². The van der Waals surface area contributed by atoms with E-state index in [9.17, 15) is 18.8 Å². The largest absolute Gasteiger partial charge is 0.462 e. The van der Waals surface area contributed by atoms with Crippen LogP contribution in [0.3, 0.4) is 0 Å². The topological polar surface area (TPSA) is 81.7 Å². The van der Waals surface area contributed by atoms with Crippen LogP contribution in [0.5, 0.6) is 0 Å². The van der Waals surface area contributed by atoms with Gasteiger partial charge in [-0.1, -0.05) is 17.7 Å². The molecule has 0 saturated heterocycles. The number of nitrogens with one attached hydrogen (secondary N) is 1. The minimum absolute atomic E-state index is 0.0498.